The minimum absolute atomic E-state index is 0.0666. The van der Waals surface area contributed by atoms with Gasteiger partial charge in [0.15, 0.2) is 0 Å². The van der Waals surface area contributed by atoms with Crippen molar-refractivity contribution in [1.82, 2.24) is 10.2 Å². The Bertz CT molecular complexity index is 666. The van der Waals surface area contributed by atoms with Crippen LogP contribution in [0.5, 0.6) is 0 Å². The molecule has 23 heavy (non-hydrogen) atoms. The molecule has 1 aliphatic rings. The molecular weight excluding hydrogens is 293 g/mol. The molecule has 1 saturated heterocycles. The highest BCUT2D eigenvalue weighted by molar-refractivity contribution is 5.95. The maximum Gasteiger partial charge on any atom is 0.254 e. The van der Waals surface area contributed by atoms with E-state index in [1.54, 1.807) is 12.1 Å². The van der Waals surface area contributed by atoms with Crippen molar-refractivity contribution in [3.8, 4) is 0 Å². The van der Waals surface area contributed by atoms with Crippen LogP contribution in [0.1, 0.15) is 15.9 Å². The second kappa shape index (κ2) is 7.24. The van der Waals surface area contributed by atoms with E-state index in [1.165, 1.54) is 12.1 Å². The Labute approximate surface area is 135 Å². The predicted molar refractivity (Wildman–Crippen MR) is 88.9 cm³/mol. The number of hydrogen-bond acceptors (Lipinski definition) is 3. The number of halogens is 1. The van der Waals surface area contributed by atoms with Crippen molar-refractivity contribution in [3.05, 3.63) is 65.5 Å². The van der Waals surface area contributed by atoms with Gasteiger partial charge in [-0.15, -0.1) is 0 Å². The van der Waals surface area contributed by atoms with Crippen LogP contribution in [0.3, 0.4) is 0 Å². The molecule has 0 atom stereocenters. The lowest BCUT2D eigenvalue weighted by atomic mass is 10.1. The Morgan fingerprint density at radius 1 is 1.13 bits per heavy atom. The maximum absolute atomic E-state index is 12.9. The first-order valence-electron chi connectivity index (χ1n) is 7.81. The fourth-order valence-electron chi connectivity index (χ4n) is 2.62. The second-order valence-corrected chi connectivity index (χ2v) is 5.60. The molecule has 1 heterocycles. The Morgan fingerprint density at radius 3 is 2.61 bits per heavy atom. The quantitative estimate of drug-likeness (QED) is 0.911. The number of rotatable bonds is 4. The molecular formula is C18H20FN3O. The molecule has 0 unspecified atom stereocenters. The third-order valence-electron chi connectivity index (χ3n) is 3.92. The Kier molecular flexibility index (Phi) is 4.88. The first-order valence-corrected chi connectivity index (χ1v) is 7.81. The van der Waals surface area contributed by atoms with Crippen molar-refractivity contribution in [2.75, 3.05) is 31.5 Å². The predicted octanol–water partition coefficient (Wildman–Crippen LogP) is 2.48. The Hall–Kier alpha value is -2.40. The molecule has 0 radical (unpaired) electrons. The Balaban J connectivity index is 1.64. The van der Waals surface area contributed by atoms with Gasteiger partial charge < -0.3 is 15.5 Å². The van der Waals surface area contributed by atoms with Crippen LogP contribution >= 0.6 is 0 Å². The van der Waals surface area contributed by atoms with E-state index in [0.717, 1.165) is 37.4 Å². The number of anilines is 1. The van der Waals surface area contributed by atoms with Crippen molar-refractivity contribution in [2.24, 2.45) is 0 Å². The fraction of sp³-hybridized carbons (Fsp3) is 0.278. The molecule has 4 nitrogen and oxygen atoms in total. The summed E-state index contributed by atoms with van der Waals surface area (Å²) in [5, 5.41) is 6.51. The maximum atomic E-state index is 12.9. The monoisotopic (exact) mass is 313 g/mol. The summed E-state index contributed by atoms with van der Waals surface area (Å²) in [6.45, 7) is 3.76. The molecule has 2 aromatic carbocycles. The lowest BCUT2D eigenvalue weighted by Crippen LogP contribution is -2.46. The van der Waals surface area contributed by atoms with Crippen molar-refractivity contribution < 1.29 is 9.18 Å². The molecule has 2 N–H and O–H groups in total. The van der Waals surface area contributed by atoms with Gasteiger partial charge in [0, 0.05) is 44.0 Å². The Morgan fingerprint density at radius 2 is 1.87 bits per heavy atom. The van der Waals surface area contributed by atoms with Gasteiger partial charge in [0.1, 0.15) is 5.82 Å². The molecule has 0 saturated carbocycles. The van der Waals surface area contributed by atoms with Gasteiger partial charge >= 0.3 is 0 Å². The normalized spacial score (nSPS) is 14.6. The van der Waals surface area contributed by atoms with E-state index in [-0.39, 0.29) is 11.7 Å². The molecule has 0 aliphatic carbocycles. The zero-order valence-corrected chi connectivity index (χ0v) is 12.9. The van der Waals surface area contributed by atoms with E-state index in [4.69, 9.17) is 0 Å². The fourth-order valence-corrected chi connectivity index (χ4v) is 2.62. The molecule has 2 aromatic rings. The summed E-state index contributed by atoms with van der Waals surface area (Å²) in [6.07, 6.45) is 0. The van der Waals surface area contributed by atoms with E-state index < -0.39 is 0 Å². The van der Waals surface area contributed by atoms with Crippen LogP contribution in [0.15, 0.2) is 48.5 Å². The van der Waals surface area contributed by atoms with E-state index in [0.29, 0.717) is 12.1 Å². The van der Waals surface area contributed by atoms with Crippen LogP contribution in [0.2, 0.25) is 0 Å². The molecule has 0 bridgehead atoms. The highest BCUT2D eigenvalue weighted by Gasteiger charge is 2.17. The molecule has 5 heteroatoms. The average Bonchev–Trinajstić information content (AvgIpc) is 2.61. The number of amides is 1. The summed E-state index contributed by atoms with van der Waals surface area (Å²) < 4.78 is 12.9. The van der Waals surface area contributed by atoms with Crippen molar-refractivity contribution in [2.45, 2.75) is 6.54 Å². The van der Waals surface area contributed by atoms with Gasteiger partial charge in [0.2, 0.25) is 0 Å². The zero-order valence-electron chi connectivity index (χ0n) is 12.9. The molecule has 1 aliphatic heterocycles. The van der Waals surface area contributed by atoms with Crippen LogP contribution < -0.4 is 10.6 Å². The highest BCUT2D eigenvalue weighted by Crippen LogP contribution is 2.15. The third kappa shape index (κ3) is 4.07. The number of hydrogen-bond donors (Lipinski definition) is 2. The van der Waals surface area contributed by atoms with Crippen molar-refractivity contribution in [1.29, 1.82) is 0 Å². The summed E-state index contributed by atoms with van der Waals surface area (Å²) in [5.41, 5.74) is 2.57. The molecule has 1 fully saturated rings. The van der Waals surface area contributed by atoms with Crippen LogP contribution in [0.4, 0.5) is 10.1 Å². The van der Waals surface area contributed by atoms with Crippen LogP contribution in [0.25, 0.3) is 0 Å². The van der Waals surface area contributed by atoms with E-state index in [9.17, 15) is 9.18 Å². The third-order valence-corrected chi connectivity index (χ3v) is 3.92. The summed E-state index contributed by atoms with van der Waals surface area (Å²) in [4.78, 5) is 14.4. The SMILES string of the molecule is O=C(c1cccc(NCc2ccc(F)cc2)c1)N1CCNCC1. The van der Waals surface area contributed by atoms with Gasteiger partial charge in [-0.3, -0.25) is 4.79 Å². The number of piperazine rings is 1. The van der Waals surface area contributed by atoms with E-state index in [2.05, 4.69) is 10.6 Å². The first kappa shape index (κ1) is 15.5. The second-order valence-electron chi connectivity index (χ2n) is 5.60. The molecule has 0 spiro atoms. The number of carbonyl (C=O) groups is 1. The molecule has 0 aromatic heterocycles. The number of nitrogens with one attached hydrogen (secondary N) is 2. The van der Waals surface area contributed by atoms with Gasteiger partial charge in [-0.05, 0) is 35.9 Å². The van der Waals surface area contributed by atoms with E-state index >= 15 is 0 Å². The minimum Gasteiger partial charge on any atom is -0.381 e. The van der Waals surface area contributed by atoms with Gasteiger partial charge in [0.05, 0.1) is 0 Å². The average molecular weight is 313 g/mol. The largest absolute Gasteiger partial charge is 0.381 e. The van der Waals surface area contributed by atoms with Crippen LogP contribution in [-0.4, -0.2) is 37.0 Å². The van der Waals surface area contributed by atoms with Gasteiger partial charge in [0.25, 0.3) is 5.91 Å². The lowest BCUT2D eigenvalue weighted by molar-refractivity contribution is 0.0736. The smallest absolute Gasteiger partial charge is 0.254 e. The molecule has 3 rings (SSSR count). The van der Waals surface area contributed by atoms with Gasteiger partial charge in [-0.25, -0.2) is 4.39 Å². The minimum atomic E-state index is -0.239. The number of carbonyl (C=O) groups excluding carboxylic acids is 1. The first-order chi connectivity index (χ1) is 11.2. The summed E-state index contributed by atoms with van der Waals surface area (Å²) in [6, 6.07) is 13.9. The summed E-state index contributed by atoms with van der Waals surface area (Å²) in [5.74, 6) is -0.172. The summed E-state index contributed by atoms with van der Waals surface area (Å²) >= 11 is 0. The van der Waals surface area contributed by atoms with Crippen molar-refractivity contribution >= 4 is 11.6 Å². The van der Waals surface area contributed by atoms with Gasteiger partial charge in [-0.1, -0.05) is 18.2 Å². The van der Waals surface area contributed by atoms with Crippen molar-refractivity contribution in [3.63, 3.8) is 0 Å². The topological polar surface area (TPSA) is 44.4 Å². The van der Waals surface area contributed by atoms with Gasteiger partial charge in [-0.2, -0.15) is 0 Å². The van der Waals surface area contributed by atoms with Crippen LogP contribution in [-0.2, 0) is 6.54 Å². The molecule has 120 valence electrons. The number of benzene rings is 2. The summed E-state index contributed by atoms with van der Waals surface area (Å²) in [7, 11) is 0. The standard InChI is InChI=1S/C18H20FN3O/c19-16-6-4-14(5-7-16)13-21-17-3-1-2-15(12-17)18(23)22-10-8-20-9-11-22/h1-7,12,20-21H,8-11,13H2. The lowest BCUT2D eigenvalue weighted by Gasteiger charge is -2.27. The van der Waals surface area contributed by atoms with E-state index in [1.807, 2.05) is 29.2 Å². The van der Waals surface area contributed by atoms with Crippen LogP contribution in [0, 0.1) is 5.82 Å². The molecule has 1 amide bonds. The highest BCUT2D eigenvalue weighted by atomic mass is 19.1. The zero-order chi connectivity index (χ0) is 16.1. The number of nitrogens with zero attached hydrogens (tertiary/aromatic N) is 1.